The number of carbonyl (C=O) groups excluding carboxylic acids is 2. The van der Waals surface area contributed by atoms with Gasteiger partial charge in [0.25, 0.3) is 0 Å². The van der Waals surface area contributed by atoms with Gasteiger partial charge in [-0.3, -0.25) is 4.79 Å². The molecule has 0 radical (unpaired) electrons. The maximum atomic E-state index is 13.1. The SMILES string of the molecule is CCCCN(CC(=O)Nc1cc(C(C)(C)C)nn1-c1ccc(Cl)c(Cl)c1)C(=O)Nc1ccccc1Br. The Morgan fingerprint density at radius 2 is 1.78 bits per heavy atom. The van der Waals surface area contributed by atoms with Gasteiger partial charge in [-0.1, -0.05) is 69.5 Å². The highest BCUT2D eigenvalue weighted by molar-refractivity contribution is 9.10. The van der Waals surface area contributed by atoms with Crippen molar-refractivity contribution >= 4 is 62.6 Å². The van der Waals surface area contributed by atoms with Crippen LogP contribution in [0.15, 0.2) is 53.0 Å². The van der Waals surface area contributed by atoms with E-state index in [-0.39, 0.29) is 23.9 Å². The summed E-state index contributed by atoms with van der Waals surface area (Å²) in [7, 11) is 0. The fourth-order valence-electron chi connectivity index (χ4n) is 3.36. The highest BCUT2D eigenvalue weighted by atomic mass is 79.9. The highest BCUT2D eigenvalue weighted by Gasteiger charge is 2.23. The quantitative estimate of drug-likeness (QED) is 0.283. The van der Waals surface area contributed by atoms with Crippen molar-refractivity contribution in [3.05, 3.63) is 68.7 Å². The lowest BCUT2D eigenvalue weighted by molar-refractivity contribution is -0.116. The number of rotatable bonds is 8. The van der Waals surface area contributed by atoms with E-state index >= 15 is 0 Å². The molecule has 0 aliphatic heterocycles. The average molecular weight is 595 g/mol. The molecule has 0 saturated heterocycles. The van der Waals surface area contributed by atoms with Crippen molar-refractivity contribution in [2.75, 3.05) is 23.7 Å². The van der Waals surface area contributed by atoms with Crippen LogP contribution < -0.4 is 10.6 Å². The predicted molar refractivity (Wildman–Crippen MR) is 151 cm³/mol. The van der Waals surface area contributed by atoms with Gasteiger partial charge in [-0.15, -0.1) is 0 Å². The Morgan fingerprint density at radius 1 is 1.06 bits per heavy atom. The zero-order chi connectivity index (χ0) is 26.5. The Morgan fingerprint density at radius 3 is 2.42 bits per heavy atom. The Bertz CT molecular complexity index is 1240. The smallest absolute Gasteiger partial charge is 0.315 e. The van der Waals surface area contributed by atoms with Crippen LogP contribution in [-0.4, -0.2) is 39.7 Å². The molecule has 3 amide bonds. The minimum atomic E-state index is -0.348. The third-order valence-corrected chi connectivity index (χ3v) is 6.84. The first-order chi connectivity index (χ1) is 17.0. The predicted octanol–water partition coefficient (Wildman–Crippen LogP) is 7.51. The first-order valence-electron chi connectivity index (χ1n) is 11.7. The number of amides is 3. The van der Waals surface area contributed by atoms with E-state index in [4.69, 9.17) is 28.3 Å². The van der Waals surface area contributed by atoms with E-state index in [1.807, 2.05) is 52.0 Å². The Balaban J connectivity index is 1.83. The molecule has 0 saturated carbocycles. The van der Waals surface area contributed by atoms with E-state index in [0.29, 0.717) is 33.8 Å². The van der Waals surface area contributed by atoms with Crippen molar-refractivity contribution in [1.29, 1.82) is 0 Å². The largest absolute Gasteiger partial charge is 0.322 e. The number of unbranched alkanes of at least 4 members (excludes halogenated alkanes) is 1. The van der Waals surface area contributed by atoms with Gasteiger partial charge in [0.05, 0.1) is 27.1 Å². The number of nitrogens with zero attached hydrogens (tertiary/aromatic N) is 3. The molecule has 2 aromatic carbocycles. The molecule has 10 heteroatoms. The van der Waals surface area contributed by atoms with E-state index in [0.717, 1.165) is 23.0 Å². The number of carbonyl (C=O) groups is 2. The molecular weight excluding hydrogens is 565 g/mol. The van der Waals surface area contributed by atoms with Gasteiger partial charge in [0.2, 0.25) is 5.91 Å². The molecule has 0 atom stereocenters. The first-order valence-corrected chi connectivity index (χ1v) is 13.2. The number of para-hydroxylation sites is 1. The maximum Gasteiger partial charge on any atom is 0.322 e. The number of hydrogen-bond donors (Lipinski definition) is 2. The number of urea groups is 1. The van der Waals surface area contributed by atoms with Gasteiger partial charge in [0.1, 0.15) is 12.4 Å². The number of benzene rings is 2. The van der Waals surface area contributed by atoms with E-state index in [1.54, 1.807) is 28.9 Å². The van der Waals surface area contributed by atoms with Crippen LogP contribution in [0.5, 0.6) is 0 Å². The summed E-state index contributed by atoms with van der Waals surface area (Å²) < 4.78 is 2.39. The van der Waals surface area contributed by atoms with Crippen LogP contribution >= 0.6 is 39.1 Å². The van der Waals surface area contributed by atoms with Crippen molar-refractivity contribution < 1.29 is 9.59 Å². The average Bonchev–Trinajstić information content (AvgIpc) is 3.24. The van der Waals surface area contributed by atoms with Crippen LogP contribution in [0.1, 0.15) is 46.2 Å². The Kier molecular flexibility index (Phi) is 9.44. The maximum absolute atomic E-state index is 13.1. The molecule has 0 bridgehead atoms. The molecule has 36 heavy (non-hydrogen) atoms. The molecule has 0 aliphatic rings. The molecule has 0 fully saturated rings. The van der Waals surface area contributed by atoms with Crippen LogP contribution in [0.2, 0.25) is 10.0 Å². The lowest BCUT2D eigenvalue weighted by Crippen LogP contribution is -2.41. The molecule has 0 spiro atoms. The lowest BCUT2D eigenvalue weighted by Gasteiger charge is -2.23. The lowest BCUT2D eigenvalue weighted by atomic mass is 9.92. The molecule has 7 nitrogen and oxygen atoms in total. The molecule has 192 valence electrons. The molecule has 1 aromatic heterocycles. The molecule has 3 rings (SSSR count). The van der Waals surface area contributed by atoms with Gasteiger partial charge in [-0.05, 0) is 52.7 Å². The fraction of sp³-hybridized carbons (Fsp3) is 0.346. The summed E-state index contributed by atoms with van der Waals surface area (Å²) >= 11 is 15.8. The molecule has 0 aliphatic carbocycles. The fourth-order valence-corrected chi connectivity index (χ4v) is 4.04. The normalized spacial score (nSPS) is 11.3. The molecule has 3 aromatic rings. The van der Waals surface area contributed by atoms with Crippen LogP contribution in [0, 0.1) is 0 Å². The van der Waals surface area contributed by atoms with E-state index in [1.165, 1.54) is 4.90 Å². The second-order valence-electron chi connectivity index (χ2n) is 9.41. The number of anilines is 2. The van der Waals surface area contributed by atoms with E-state index < -0.39 is 0 Å². The van der Waals surface area contributed by atoms with E-state index in [2.05, 4.69) is 26.6 Å². The summed E-state index contributed by atoms with van der Waals surface area (Å²) in [5, 5.41) is 11.3. The van der Waals surface area contributed by atoms with Crippen LogP contribution in [0.3, 0.4) is 0 Å². The van der Waals surface area contributed by atoms with Crippen molar-refractivity contribution in [3.63, 3.8) is 0 Å². The summed E-state index contributed by atoms with van der Waals surface area (Å²) in [5.74, 6) is 0.139. The number of halogens is 3. The molecule has 0 unspecified atom stereocenters. The van der Waals surface area contributed by atoms with Crippen molar-refractivity contribution in [1.82, 2.24) is 14.7 Å². The van der Waals surface area contributed by atoms with Gasteiger partial charge in [-0.25, -0.2) is 9.48 Å². The number of hydrogen-bond acceptors (Lipinski definition) is 3. The summed E-state index contributed by atoms with van der Waals surface area (Å²) in [6.45, 7) is 8.48. The zero-order valence-corrected chi connectivity index (χ0v) is 23.8. The van der Waals surface area contributed by atoms with Gasteiger partial charge in [0.15, 0.2) is 0 Å². The van der Waals surface area contributed by atoms with Gasteiger partial charge in [-0.2, -0.15) is 5.10 Å². The van der Waals surface area contributed by atoms with Crippen molar-refractivity contribution in [2.24, 2.45) is 0 Å². The number of aromatic nitrogens is 2. The van der Waals surface area contributed by atoms with E-state index in [9.17, 15) is 9.59 Å². The van der Waals surface area contributed by atoms with Crippen LogP contribution in [0.4, 0.5) is 16.3 Å². The van der Waals surface area contributed by atoms with Crippen LogP contribution in [0.25, 0.3) is 5.69 Å². The summed E-state index contributed by atoms with van der Waals surface area (Å²) in [6.07, 6.45) is 1.66. The van der Waals surface area contributed by atoms with Crippen molar-refractivity contribution in [3.8, 4) is 5.69 Å². The Labute approximate surface area is 230 Å². The van der Waals surface area contributed by atoms with Gasteiger partial charge >= 0.3 is 6.03 Å². The zero-order valence-electron chi connectivity index (χ0n) is 20.7. The standard InChI is InChI=1S/C26H30BrCl2N5O2/c1-5-6-13-33(25(36)30-21-10-8-7-9-18(21)27)16-24(35)31-23-15-22(26(2,3)4)32-34(23)17-11-12-19(28)20(29)14-17/h7-12,14-15H,5-6,13,16H2,1-4H3,(H,30,36)(H,31,35). The first kappa shape index (κ1) is 28.0. The second kappa shape index (κ2) is 12.1. The topological polar surface area (TPSA) is 79.3 Å². The van der Waals surface area contributed by atoms with Gasteiger partial charge in [0, 0.05) is 22.5 Å². The third-order valence-electron chi connectivity index (χ3n) is 5.41. The molecule has 2 N–H and O–H groups in total. The summed E-state index contributed by atoms with van der Waals surface area (Å²) in [4.78, 5) is 27.7. The van der Waals surface area contributed by atoms with Crippen LogP contribution in [-0.2, 0) is 10.2 Å². The summed E-state index contributed by atoms with van der Waals surface area (Å²) in [6, 6.07) is 14.0. The van der Waals surface area contributed by atoms with Crippen molar-refractivity contribution in [2.45, 2.75) is 46.0 Å². The highest BCUT2D eigenvalue weighted by Crippen LogP contribution is 2.29. The minimum Gasteiger partial charge on any atom is -0.315 e. The molecule has 1 heterocycles. The second-order valence-corrected chi connectivity index (χ2v) is 11.1. The van der Waals surface area contributed by atoms with Gasteiger partial charge < -0.3 is 15.5 Å². The monoisotopic (exact) mass is 593 g/mol. The third kappa shape index (κ3) is 7.24. The number of nitrogens with one attached hydrogen (secondary N) is 2. The molecular formula is C26H30BrCl2N5O2. The Hall–Kier alpha value is -2.55. The summed E-state index contributed by atoms with van der Waals surface area (Å²) in [5.41, 5.74) is 1.83. The minimum absolute atomic E-state index is 0.117.